The van der Waals surface area contributed by atoms with Crippen LogP contribution in [0, 0.1) is 0 Å². The van der Waals surface area contributed by atoms with E-state index in [2.05, 4.69) is 30.8 Å². The molecule has 1 N–H and O–H groups in total. The van der Waals surface area contributed by atoms with Gasteiger partial charge in [0.05, 0.1) is 5.60 Å². The van der Waals surface area contributed by atoms with Crippen molar-refractivity contribution in [2.75, 3.05) is 40.3 Å². The second-order valence-corrected chi connectivity index (χ2v) is 4.88. The fourth-order valence-electron chi connectivity index (χ4n) is 1.55. The molecule has 0 saturated heterocycles. The van der Waals surface area contributed by atoms with Crippen molar-refractivity contribution >= 4 is 0 Å². The van der Waals surface area contributed by atoms with Crippen LogP contribution in [0.15, 0.2) is 0 Å². The van der Waals surface area contributed by atoms with Gasteiger partial charge in [-0.1, -0.05) is 13.8 Å². The quantitative estimate of drug-likeness (QED) is 0.665. The zero-order chi connectivity index (χ0) is 11.9. The Bertz CT molecular complexity index is 158. The van der Waals surface area contributed by atoms with Crippen LogP contribution in [0.3, 0.4) is 0 Å². The van der Waals surface area contributed by atoms with Crippen molar-refractivity contribution in [3.8, 4) is 0 Å². The van der Waals surface area contributed by atoms with Crippen molar-refractivity contribution in [1.82, 2.24) is 9.80 Å². The summed E-state index contributed by atoms with van der Waals surface area (Å²) in [5, 5.41) is 9.98. The normalized spacial score (nSPS) is 16.0. The second kappa shape index (κ2) is 7.20. The molecule has 0 aromatic carbocycles. The Morgan fingerprint density at radius 3 is 2.13 bits per heavy atom. The van der Waals surface area contributed by atoms with E-state index in [0.29, 0.717) is 0 Å². The Kier molecular flexibility index (Phi) is 7.14. The van der Waals surface area contributed by atoms with E-state index >= 15 is 0 Å². The summed E-state index contributed by atoms with van der Waals surface area (Å²) in [4.78, 5) is 4.53. The molecule has 0 radical (unpaired) electrons. The number of hydrogen-bond donors (Lipinski definition) is 1. The predicted molar refractivity (Wildman–Crippen MR) is 66.2 cm³/mol. The lowest BCUT2D eigenvalue weighted by Gasteiger charge is -2.30. The van der Waals surface area contributed by atoms with Crippen LogP contribution < -0.4 is 0 Å². The molecule has 0 saturated carbocycles. The molecule has 92 valence electrons. The molecule has 1 atom stereocenters. The summed E-state index contributed by atoms with van der Waals surface area (Å²) in [6.07, 6.45) is 1.98. The van der Waals surface area contributed by atoms with Crippen LogP contribution >= 0.6 is 0 Å². The molecule has 0 aromatic heterocycles. The molecule has 0 spiro atoms. The fourth-order valence-corrected chi connectivity index (χ4v) is 1.55. The summed E-state index contributed by atoms with van der Waals surface area (Å²) in [5.74, 6) is 0. The molecule has 3 heteroatoms. The van der Waals surface area contributed by atoms with Crippen LogP contribution in [0.1, 0.15) is 33.6 Å². The van der Waals surface area contributed by atoms with Gasteiger partial charge >= 0.3 is 0 Å². The molecular weight excluding hydrogens is 188 g/mol. The second-order valence-electron chi connectivity index (χ2n) is 4.88. The van der Waals surface area contributed by atoms with Crippen molar-refractivity contribution < 1.29 is 5.11 Å². The number of hydrogen-bond acceptors (Lipinski definition) is 3. The minimum absolute atomic E-state index is 0.534. The van der Waals surface area contributed by atoms with E-state index < -0.39 is 5.60 Å². The van der Waals surface area contributed by atoms with E-state index in [1.165, 1.54) is 6.42 Å². The molecule has 0 amide bonds. The summed E-state index contributed by atoms with van der Waals surface area (Å²) < 4.78 is 0. The van der Waals surface area contributed by atoms with Gasteiger partial charge in [-0.2, -0.15) is 0 Å². The third-order valence-corrected chi connectivity index (χ3v) is 2.85. The number of rotatable bonds is 8. The van der Waals surface area contributed by atoms with Gasteiger partial charge in [-0.05, 0) is 53.5 Å². The summed E-state index contributed by atoms with van der Waals surface area (Å²) in [7, 11) is 4.19. The van der Waals surface area contributed by atoms with Crippen molar-refractivity contribution in [3.05, 3.63) is 0 Å². The van der Waals surface area contributed by atoms with Crippen LogP contribution in [0.4, 0.5) is 0 Å². The molecule has 0 rings (SSSR count). The van der Waals surface area contributed by atoms with Gasteiger partial charge in [-0.25, -0.2) is 0 Å². The lowest BCUT2D eigenvalue weighted by Crippen LogP contribution is -2.41. The SMILES string of the molecule is CCN(CCCN(C)C)CC(C)(O)CC. The smallest absolute Gasteiger partial charge is 0.0743 e. The highest BCUT2D eigenvalue weighted by Gasteiger charge is 2.20. The Labute approximate surface area is 95.1 Å². The lowest BCUT2D eigenvalue weighted by molar-refractivity contribution is 0.0171. The fraction of sp³-hybridized carbons (Fsp3) is 1.00. The van der Waals surface area contributed by atoms with E-state index in [-0.39, 0.29) is 0 Å². The Balaban J connectivity index is 3.82. The van der Waals surface area contributed by atoms with Crippen LogP contribution in [0.2, 0.25) is 0 Å². The van der Waals surface area contributed by atoms with Gasteiger partial charge in [0.15, 0.2) is 0 Å². The van der Waals surface area contributed by atoms with Crippen molar-refractivity contribution in [2.45, 2.75) is 39.2 Å². The van der Waals surface area contributed by atoms with Gasteiger partial charge in [0.25, 0.3) is 0 Å². The maximum Gasteiger partial charge on any atom is 0.0743 e. The summed E-state index contributed by atoms with van der Waals surface area (Å²) in [5.41, 5.74) is -0.534. The maximum atomic E-state index is 9.98. The largest absolute Gasteiger partial charge is 0.389 e. The monoisotopic (exact) mass is 216 g/mol. The average Bonchev–Trinajstić information content (AvgIpc) is 2.15. The molecule has 0 fully saturated rings. The Hall–Kier alpha value is -0.120. The van der Waals surface area contributed by atoms with Crippen molar-refractivity contribution in [2.24, 2.45) is 0 Å². The van der Waals surface area contributed by atoms with Crippen molar-refractivity contribution in [3.63, 3.8) is 0 Å². The van der Waals surface area contributed by atoms with E-state index in [1.54, 1.807) is 0 Å². The van der Waals surface area contributed by atoms with Crippen LogP contribution in [0.5, 0.6) is 0 Å². The molecule has 0 aliphatic rings. The van der Waals surface area contributed by atoms with Gasteiger partial charge < -0.3 is 14.9 Å². The first kappa shape index (κ1) is 14.9. The molecule has 0 heterocycles. The van der Waals surface area contributed by atoms with E-state index in [4.69, 9.17) is 0 Å². The topological polar surface area (TPSA) is 26.7 Å². The molecule has 1 unspecified atom stereocenters. The van der Waals surface area contributed by atoms with E-state index in [0.717, 1.165) is 32.6 Å². The van der Waals surface area contributed by atoms with Gasteiger partial charge in [0.2, 0.25) is 0 Å². The first-order valence-electron chi connectivity index (χ1n) is 6.00. The molecular formula is C12H28N2O. The Morgan fingerprint density at radius 2 is 1.73 bits per heavy atom. The number of likely N-dealkylation sites (N-methyl/N-ethyl adjacent to an activating group) is 1. The van der Waals surface area contributed by atoms with Gasteiger partial charge in [-0.3, -0.25) is 0 Å². The first-order valence-corrected chi connectivity index (χ1v) is 6.00. The molecule has 15 heavy (non-hydrogen) atoms. The standard InChI is InChI=1S/C12H28N2O/c1-6-12(3,15)11-14(7-2)10-8-9-13(4)5/h15H,6-11H2,1-5H3. The third kappa shape index (κ3) is 7.77. The minimum Gasteiger partial charge on any atom is -0.389 e. The molecule has 0 aliphatic heterocycles. The zero-order valence-electron chi connectivity index (χ0n) is 11.1. The molecule has 0 aliphatic carbocycles. The number of aliphatic hydroxyl groups is 1. The van der Waals surface area contributed by atoms with Gasteiger partial charge in [-0.15, -0.1) is 0 Å². The summed E-state index contributed by atoms with van der Waals surface area (Å²) >= 11 is 0. The molecule has 3 nitrogen and oxygen atoms in total. The molecule has 0 aromatic rings. The highest BCUT2D eigenvalue weighted by molar-refractivity contribution is 4.75. The molecule has 0 bridgehead atoms. The third-order valence-electron chi connectivity index (χ3n) is 2.85. The number of nitrogens with zero attached hydrogens (tertiary/aromatic N) is 2. The van der Waals surface area contributed by atoms with E-state index in [1.807, 2.05) is 13.8 Å². The first-order chi connectivity index (χ1) is 6.91. The van der Waals surface area contributed by atoms with Gasteiger partial charge in [0, 0.05) is 6.54 Å². The predicted octanol–water partition coefficient (Wildman–Crippen LogP) is 1.42. The van der Waals surface area contributed by atoms with E-state index in [9.17, 15) is 5.11 Å². The zero-order valence-corrected chi connectivity index (χ0v) is 11.1. The van der Waals surface area contributed by atoms with Crippen LogP contribution in [-0.2, 0) is 0 Å². The average molecular weight is 216 g/mol. The maximum absolute atomic E-state index is 9.98. The minimum atomic E-state index is -0.534. The Morgan fingerprint density at radius 1 is 1.13 bits per heavy atom. The van der Waals surface area contributed by atoms with Crippen LogP contribution in [-0.4, -0.2) is 60.8 Å². The summed E-state index contributed by atoms with van der Waals surface area (Å²) in [6.45, 7) is 10.1. The summed E-state index contributed by atoms with van der Waals surface area (Å²) in [6, 6.07) is 0. The van der Waals surface area contributed by atoms with Gasteiger partial charge in [0.1, 0.15) is 0 Å². The highest BCUT2D eigenvalue weighted by Crippen LogP contribution is 2.10. The van der Waals surface area contributed by atoms with Crippen molar-refractivity contribution in [1.29, 1.82) is 0 Å². The lowest BCUT2D eigenvalue weighted by atomic mass is 10.0. The van der Waals surface area contributed by atoms with Crippen LogP contribution in [0.25, 0.3) is 0 Å². The highest BCUT2D eigenvalue weighted by atomic mass is 16.3.